The molecule has 0 heterocycles. The van der Waals surface area contributed by atoms with Crippen molar-refractivity contribution in [3.05, 3.63) is 12.7 Å². The van der Waals surface area contributed by atoms with Gasteiger partial charge < -0.3 is 0 Å². The molecular weight excluding hydrogens is 136 g/mol. The minimum absolute atomic E-state index is 0. The van der Waals surface area contributed by atoms with Gasteiger partial charge in [-0.2, -0.15) is 0 Å². The highest BCUT2D eigenvalue weighted by Gasteiger charge is 2.08. The van der Waals surface area contributed by atoms with Crippen molar-refractivity contribution < 1.29 is 0 Å². The lowest BCUT2D eigenvalue weighted by atomic mass is 10.8. The Kier molecular flexibility index (Phi) is 5.77. The van der Waals surface area contributed by atoms with Crippen molar-refractivity contribution in [1.82, 2.24) is 0 Å². The number of hydrogen-bond acceptors (Lipinski definition) is 0. The molecule has 0 bridgehead atoms. The number of hydrogen-bond donors (Lipinski definition) is 0. The normalized spacial score (nSPS) is 9.88. The Labute approximate surface area is 59.4 Å². The summed E-state index contributed by atoms with van der Waals surface area (Å²) in [5.41, 5.74) is 0. The molecule has 0 aliphatic carbocycles. The van der Waals surface area contributed by atoms with E-state index in [4.69, 9.17) is 0 Å². The third-order valence-corrected chi connectivity index (χ3v) is 2.27. The molecule has 50 valence electrons. The summed E-state index contributed by atoms with van der Waals surface area (Å²) in [6.07, 6.45) is 2.02. The van der Waals surface area contributed by atoms with Crippen LogP contribution >= 0.6 is 12.4 Å². The van der Waals surface area contributed by atoms with Gasteiger partial charge in [-0.05, 0) is 6.04 Å². The molecule has 0 atom stereocenters. The van der Waals surface area contributed by atoms with Crippen molar-refractivity contribution in [2.45, 2.75) is 25.7 Å². The number of rotatable bonds is 2. The molecule has 0 aromatic heterocycles. The van der Waals surface area contributed by atoms with Crippen molar-refractivity contribution >= 4 is 20.5 Å². The minimum Gasteiger partial charge on any atom is -0.147 e. The van der Waals surface area contributed by atoms with Crippen LogP contribution in [0, 0.1) is 0 Å². The maximum atomic E-state index is 3.68. The molecule has 0 rings (SSSR count). The zero-order valence-corrected chi connectivity index (χ0v) is 7.72. The monoisotopic (exact) mass is 150 g/mol. The fourth-order valence-corrected chi connectivity index (χ4v) is 1.30. The van der Waals surface area contributed by atoms with Gasteiger partial charge in [-0.25, -0.2) is 0 Å². The lowest BCUT2D eigenvalue weighted by Gasteiger charge is -2.10. The maximum absolute atomic E-state index is 3.68. The Morgan fingerprint density at radius 2 is 1.75 bits per heavy atom. The quantitative estimate of drug-likeness (QED) is 0.420. The van der Waals surface area contributed by atoms with Crippen LogP contribution < -0.4 is 0 Å². The fourth-order valence-electron chi connectivity index (χ4n) is 0.433. The molecule has 0 aromatic carbocycles. The predicted molar refractivity (Wildman–Crippen MR) is 45.6 cm³/mol. The summed E-state index contributed by atoms with van der Waals surface area (Å²) in [5.74, 6) is 0. The molecule has 0 spiro atoms. The average Bonchev–Trinajstić information content (AvgIpc) is 1.30. The Bertz CT molecular complexity index is 63.4. The highest BCUT2D eigenvalue weighted by Crippen LogP contribution is 2.06. The first-order valence-corrected chi connectivity index (χ1v) is 6.38. The Hall–Kier alpha value is 0.247. The van der Waals surface area contributed by atoms with E-state index in [2.05, 4.69) is 26.2 Å². The SMILES string of the molecule is C=CC[Si](C)(C)C.Cl. The first kappa shape index (κ1) is 11.1. The van der Waals surface area contributed by atoms with Gasteiger partial charge >= 0.3 is 0 Å². The summed E-state index contributed by atoms with van der Waals surface area (Å²) < 4.78 is 0. The third-order valence-electron chi connectivity index (χ3n) is 0.757. The van der Waals surface area contributed by atoms with Crippen LogP contribution in [0.15, 0.2) is 12.7 Å². The first-order chi connectivity index (χ1) is 3.06. The molecule has 0 aliphatic heterocycles. The Balaban J connectivity index is 0. The second-order valence-electron chi connectivity index (χ2n) is 3.05. The largest absolute Gasteiger partial charge is 0.147 e. The van der Waals surface area contributed by atoms with Gasteiger partial charge in [0, 0.05) is 8.07 Å². The molecule has 0 saturated heterocycles. The molecule has 0 saturated carbocycles. The molecule has 0 aromatic rings. The molecule has 0 aliphatic rings. The van der Waals surface area contributed by atoms with E-state index in [0.717, 1.165) is 0 Å². The van der Waals surface area contributed by atoms with Gasteiger partial charge in [-0.15, -0.1) is 19.0 Å². The molecule has 0 unspecified atom stereocenters. The van der Waals surface area contributed by atoms with Crippen molar-refractivity contribution in [2.24, 2.45) is 0 Å². The van der Waals surface area contributed by atoms with Gasteiger partial charge in [-0.1, -0.05) is 25.7 Å². The van der Waals surface area contributed by atoms with Crippen molar-refractivity contribution in [2.75, 3.05) is 0 Å². The van der Waals surface area contributed by atoms with Crippen LogP contribution in [-0.2, 0) is 0 Å². The number of allylic oxidation sites excluding steroid dienone is 1. The van der Waals surface area contributed by atoms with Crippen LogP contribution in [0.4, 0.5) is 0 Å². The molecule has 8 heavy (non-hydrogen) atoms. The smallest absolute Gasteiger partial charge is 0.0480 e. The van der Waals surface area contributed by atoms with E-state index in [1.165, 1.54) is 6.04 Å². The summed E-state index contributed by atoms with van der Waals surface area (Å²) in [4.78, 5) is 0. The van der Waals surface area contributed by atoms with Gasteiger partial charge in [0.2, 0.25) is 0 Å². The molecule has 0 nitrogen and oxygen atoms in total. The van der Waals surface area contributed by atoms with Crippen molar-refractivity contribution in [3.63, 3.8) is 0 Å². The highest BCUT2D eigenvalue weighted by atomic mass is 35.5. The number of halogens is 1. The minimum atomic E-state index is -0.775. The Morgan fingerprint density at radius 1 is 1.38 bits per heavy atom. The van der Waals surface area contributed by atoms with Crippen LogP contribution in [0.25, 0.3) is 0 Å². The lowest BCUT2D eigenvalue weighted by molar-refractivity contribution is 1.52. The van der Waals surface area contributed by atoms with E-state index in [0.29, 0.717) is 0 Å². The Morgan fingerprint density at radius 3 is 1.75 bits per heavy atom. The molecule has 2 heteroatoms. The fraction of sp³-hybridized carbons (Fsp3) is 0.667. The van der Waals surface area contributed by atoms with Crippen LogP contribution in [0.3, 0.4) is 0 Å². The molecular formula is C6H15ClSi. The van der Waals surface area contributed by atoms with Gasteiger partial charge in [0.05, 0.1) is 0 Å². The van der Waals surface area contributed by atoms with Crippen molar-refractivity contribution in [1.29, 1.82) is 0 Å². The molecule has 0 fully saturated rings. The lowest BCUT2D eigenvalue weighted by Crippen LogP contribution is -2.16. The first-order valence-electron chi connectivity index (χ1n) is 2.67. The molecule has 0 amide bonds. The van der Waals surface area contributed by atoms with Gasteiger partial charge in [0.1, 0.15) is 0 Å². The summed E-state index contributed by atoms with van der Waals surface area (Å²) in [6, 6.07) is 1.24. The highest BCUT2D eigenvalue weighted by molar-refractivity contribution is 6.76. The standard InChI is InChI=1S/C6H14Si.ClH/c1-5-6-7(2,3)4;/h5H,1,6H2,2-4H3;1H. The zero-order valence-electron chi connectivity index (χ0n) is 5.90. The molecule has 0 radical (unpaired) electrons. The second-order valence-corrected chi connectivity index (χ2v) is 8.58. The van der Waals surface area contributed by atoms with Gasteiger partial charge in [-0.3, -0.25) is 0 Å². The van der Waals surface area contributed by atoms with Crippen LogP contribution in [0.5, 0.6) is 0 Å². The molecule has 0 N–H and O–H groups in total. The summed E-state index contributed by atoms with van der Waals surface area (Å²) in [5, 5.41) is 0. The van der Waals surface area contributed by atoms with E-state index in [1.54, 1.807) is 0 Å². The summed E-state index contributed by atoms with van der Waals surface area (Å²) >= 11 is 0. The van der Waals surface area contributed by atoms with E-state index >= 15 is 0 Å². The van der Waals surface area contributed by atoms with Crippen molar-refractivity contribution in [3.8, 4) is 0 Å². The van der Waals surface area contributed by atoms with E-state index < -0.39 is 8.07 Å². The van der Waals surface area contributed by atoms with Gasteiger partial charge in [0.15, 0.2) is 0 Å². The van der Waals surface area contributed by atoms with Crippen LogP contribution in [0.1, 0.15) is 0 Å². The second kappa shape index (κ2) is 4.16. The van der Waals surface area contributed by atoms with Gasteiger partial charge in [0.25, 0.3) is 0 Å². The van der Waals surface area contributed by atoms with Crippen LogP contribution in [-0.4, -0.2) is 8.07 Å². The van der Waals surface area contributed by atoms with E-state index in [-0.39, 0.29) is 12.4 Å². The average molecular weight is 151 g/mol. The van der Waals surface area contributed by atoms with E-state index in [1.807, 2.05) is 6.08 Å². The van der Waals surface area contributed by atoms with Crippen LogP contribution in [0.2, 0.25) is 25.7 Å². The topological polar surface area (TPSA) is 0 Å². The third kappa shape index (κ3) is 9.54. The predicted octanol–water partition coefficient (Wildman–Crippen LogP) is 2.93. The summed E-state index contributed by atoms with van der Waals surface area (Å²) in [7, 11) is -0.775. The zero-order chi connectivity index (χ0) is 5.91. The summed E-state index contributed by atoms with van der Waals surface area (Å²) in [6.45, 7) is 10.7. The van der Waals surface area contributed by atoms with E-state index in [9.17, 15) is 0 Å². The maximum Gasteiger partial charge on any atom is 0.0480 e.